The molecule has 0 fully saturated rings. The molecular formula is C40H40BF. The molecule has 0 radical (unpaired) electrons. The van der Waals surface area contributed by atoms with E-state index in [1.54, 1.807) is 12.1 Å². The van der Waals surface area contributed by atoms with Crippen molar-refractivity contribution in [2.45, 2.75) is 59.0 Å². The Balaban J connectivity index is 1.46. The first-order chi connectivity index (χ1) is 20.5. The Kier molecular flexibility index (Phi) is 8.16. The van der Waals surface area contributed by atoms with Gasteiger partial charge in [-0.05, 0) is 105 Å². The Morgan fingerprint density at radius 2 is 1.60 bits per heavy atom. The number of benzene rings is 3. The van der Waals surface area contributed by atoms with Gasteiger partial charge in [0.25, 0.3) is 0 Å². The number of hydrogen-bond acceptors (Lipinski definition) is 0. The second-order valence-electron chi connectivity index (χ2n) is 12.0. The summed E-state index contributed by atoms with van der Waals surface area (Å²) in [6, 6.07) is 23.2. The molecule has 6 rings (SSSR count). The predicted octanol–water partition coefficient (Wildman–Crippen LogP) is 10.9. The molecule has 0 saturated carbocycles. The van der Waals surface area contributed by atoms with Gasteiger partial charge in [-0.15, -0.1) is 0 Å². The SMILES string of the molecule is C/C=C/c1ccc(C2=CCC3B(C)CC4C(=CC=C4c4ccc(F)cc4CC)C(c4ccccc4)=C3C=C2)c(CC)c1. The molecule has 0 nitrogen and oxygen atoms in total. The van der Waals surface area contributed by atoms with Crippen molar-refractivity contribution in [2.24, 2.45) is 5.92 Å². The van der Waals surface area contributed by atoms with Gasteiger partial charge in [0.15, 0.2) is 0 Å². The van der Waals surface area contributed by atoms with Gasteiger partial charge >= 0.3 is 0 Å². The molecule has 2 heteroatoms. The lowest BCUT2D eigenvalue weighted by Gasteiger charge is -2.23. The molecule has 3 aromatic carbocycles. The van der Waals surface area contributed by atoms with Gasteiger partial charge < -0.3 is 0 Å². The zero-order chi connectivity index (χ0) is 29.2. The zero-order valence-corrected chi connectivity index (χ0v) is 25.3. The molecule has 2 unspecified atom stereocenters. The van der Waals surface area contributed by atoms with Crippen molar-refractivity contribution >= 4 is 29.5 Å². The van der Waals surface area contributed by atoms with E-state index < -0.39 is 0 Å². The fourth-order valence-electron chi connectivity index (χ4n) is 7.39. The Labute approximate surface area is 251 Å². The van der Waals surface area contributed by atoms with Crippen molar-refractivity contribution in [1.29, 1.82) is 0 Å². The molecule has 1 heterocycles. The van der Waals surface area contributed by atoms with E-state index in [0.29, 0.717) is 18.4 Å². The van der Waals surface area contributed by atoms with Gasteiger partial charge in [0.05, 0.1) is 0 Å². The number of aryl methyl sites for hydroxylation is 2. The summed E-state index contributed by atoms with van der Waals surface area (Å²) in [7, 11) is 0. The van der Waals surface area contributed by atoms with Crippen LogP contribution in [0.25, 0.3) is 22.8 Å². The quantitative estimate of drug-likeness (QED) is 0.268. The van der Waals surface area contributed by atoms with Crippen LogP contribution in [-0.2, 0) is 12.8 Å². The fourth-order valence-corrected chi connectivity index (χ4v) is 7.39. The lowest BCUT2D eigenvalue weighted by molar-refractivity contribution is 0.625. The first-order valence-corrected chi connectivity index (χ1v) is 15.7. The van der Waals surface area contributed by atoms with Gasteiger partial charge in [-0.1, -0.05) is 124 Å². The number of fused-ring (bicyclic) bond motifs is 2. The van der Waals surface area contributed by atoms with E-state index in [2.05, 4.69) is 119 Å². The number of allylic oxidation sites excluding steroid dienone is 11. The van der Waals surface area contributed by atoms with Crippen molar-refractivity contribution in [2.75, 3.05) is 0 Å². The number of hydrogen-bond donors (Lipinski definition) is 0. The van der Waals surface area contributed by atoms with Crippen molar-refractivity contribution < 1.29 is 4.39 Å². The van der Waals surface area contributed by atoms with Gasteiger partial charge in [0.2, 0.25) is 0 Å². The maximum atomic E-state index is 14.2. The first-order valence-electron chi connectivity index (χ1n) is 15.7. The summed E-state index contributed by atoms with van der Waals surface area (Å²) < 4.78 is 14.2. The van der Waals surface area contributed by atoms with Crippen molar-refractivity contribution in [1.82, 2.24) is 0 Å². The number of halogens is 1. The highest BCUT2D eigenvalue weighted by Gasteiger charge is 2.39. The van der Waals surface area contributed by atoms with Crippen LogP contribution in [0.4, 0.5) is 4.39 Å². The van der Waals surface area contributed by atoms with Crippen LogP contribution in [0, 0.1) is 11.7 Å². The van der Waals surface area contributed by atoms with Crippen LogP contribution in [0.2, 0.25) is 19.0 Å². The van der Waals surface area contributed by atoms with Crippen LogP contribution in [0.3, 0.4) is 0 Å². The second kappa shape index (κ2) is 12.1. The normalized spacial score (nSPS) is 20.1. The van der Waals surface area contributed by atoms with E-state index in [1.807, 2.05) is 6.07 Å². The maximum Gasteiger partial charge on any atom is 0.146 e. The van der Waals surface area contributed by atoms with Crippen LogP contribution in [0.1, 0.15) is 60.6 Å². The topological polar surface area (TPSA) is 0 Å². The Bertz CT molecular complexity index is 1680. The van der Waals surface area contributed by atoms with Gasteiger partial charge in [-0.2, -0.15) is 0 Å². The monoisotopic (exact) mass is 550 g/mol. The second-order valence-corrected chi connectivity index (χ2v) is 12.0. The predicted molar refractivity (Wildman–Crippen MR) is 181 cm³/mol. The highest BCUT2D eigenvalue weighted by molar-refractivity contribution is 6.61. The smallest absolute Gasteiger partial charge is 0.146 e. The fraction of sp³-hybridized carbons (Fsp3) is 0.250. The molecule has 0 N–H and O–H groups in total. The van der Waals surface area contributed by atoms with E-state index in [0.717, 1.165) is 31.1 Å². The molecule has 0 saturated heterocycles. The largest absolute Gasteiger partial charge is 0.207 e. The van der Waals surface area contributed by atoms with Crippen LogP contribution < -0.4 is 0 Å². The maximum absolute atomic E-state index is 14.2. The standard InChI is InChI=1S/C40H40BF/c1-5-11-27-14-18-33(28(6-2)24-27)30-15-19-37-39(23-16-30)41(4)26-38-35(34-20-17-32(42)25-29(34)7-3)21-22-36(38)40(37)31-12-9-8-10-13-31/h5,8-22,24-25,38-39H,6-7,23,26H2,1-4H3/b11-5+. The molecule has 42 heavy (non-hydrogen) atoms. The minimum absolute atomic E-state index is 0.151. The van der Waals surface area contributed by atoms with E-state index in [1.165, 1.54) is 55.7 Å². The summed E-state index contributed by atoms with van der Waals surface area (Å²) in [5, 5.41) is 0. The summed E-state index contributed by atoms with van der Waals surface area (Å²) in [4.78, 5) is 0. The van der Waals surface area contributed by atoms with Crippen molar-refractivity contribution in [3.05, 3.63) is 154 Å². The molecule has 2 atom stereocenters. The molecule has 0 bridgehead atoms. The lowest BCUT2D eigenvalue weighted by Crippen LogP contribution is -2.19. The van der Waals surface area contributed by atoms with Gasteiger partial charge in [-0.3, -0.25) is 0 Å². The summed E-state index contributed by atoms with van der Waals surface area (Å²) in [5.74, 6) is 0.572. The number of rotatable bonds is 6. The lowest BCUT2D eigenvalue weighted by atomic mass is 9.37. The minimum Gasteiger partial charge on any atom is -0.207 e. The third-order valence-corrected chi connectivity index (χ3v) is 9.50. The van der Waals surface area contributed by atoms with Crippen LogP contribution in [0.15, 0.2) is 114 Å². The average molecular weight is 551 g/mol. The molecule has 0 spiro atoms. The van der Waals surface area contributed by atoms with Crippen LogP contribution in [-0.4, -0.2) is 6.71 Å². The average Bonchev–Trinajstić information content (AvgIpc) is 3.21. The Morgan fingerprint density at radius 1 is 0.857 bits per heavy atom. The van der Waals surface area contributed by atoms with Crippen LogP contribution >= 0.6 is 0 Å². The molecule has 2 aliphatic carbocycles. The highest BCUT2D eigenvalue weighted by Crippen LogP contribution is 2.53. The van der Waals surface area contributed by atoms with Crippen molar-refractivity contribution in [3.63, 3.8) is 0 Å². The van der Waals surface area contributed by atoms with Crippen LogP contribution in [0.5, 0.6) is 0 Å². The van der Waals surface area contributed by atoms with Gasteiger partial charge in [-0.25, -0.2) is 4.39 Å². The molecule has 3 aromatic rings. The molecule has 0 amide bonds. The highest BCUT2D eigenvalue weighted by atomic mass is 19.1. The Hall–Kier alpha value is -3.91. The third-order valence-electron chi connectivity index (χ3n) is 9.50. The van der Waals surface area contributed by atoms with E-state index in [4.69, 9.17) is 0 Å². The first kappa shape index (κ1) is 28.2. The molecule has 3 aliphatic rings. The van der Waals surface area contributed by atoms with Crippen molar-refractivity contribution in [3.8, 4) is 0 Å². The summed E-state index contributed by atoms with van der Waals surface area (Å²) in [5.41, 5.74) is 14.5. The third kappa shape index (κ3) is 5.24. The zero-order valence-electron chi connectivity index (χ0n) is 25.3. The summed E-state index contributed by atoms with van der Waals surface area (Å²) >= 11 is 0. The van der Waals surface area contributed by atoms with Gasteiger partial charge in [0.1, 0.15) is 12.5 Å². The molecular weight excluding hydrogens is 510 g/mol. The van der Waals surface area contributed by atoms with E-state index >= 15 is 0 Å². The molecule has 1 aliphatic heterocycles. The van der Waals surface area contributed by atoms with Gasteiger partial charge in [0, 0.05) is 5.92 Å². The molecule has 210 valence electrons. The molecule has 0 aromatic heterocycles. The van der Waals surface area contributed by atoms with E-state index in [9.17, 15) is 4.39 Å². The minimum atomic E-state index is -0.151. The summed E-state index contributed by atoms with van der Waals surface area (Å²) in [6.45, 7) is 9.38. The Morgan fingerprint density at radius 3 is 2.36 bits per heavy atom. The van der Waals surface area contributed by atoms with E-state index in [-0.39, 0.29) is 5.82 Å². The summed E-state index contributed by atoms with van der Waals surface area (Å²) in [6.07, 6.45) is 20.2.